The van der Waals surface area contributed by atoms with Crippen LogP contribution < -0.4 is 11.1 Å². The maximum absolute atomic E-state index is 12.7. The number of nitrogens with one attached hydrogen (secondary N) is 1. The number of carbonyl (C=O) groups excluding carboxylic acids is 1. The molecule has 2 rings (SSSR count). The van der Waals surface area contributed by atoms with E-state index in [1.54, 1.807) is 0 Å². The average Bonchev–Trinajstić information content (AvgIpc) is 2.56. The van der Waals surface area contributed by atoms with E-state index in [0.717, 1.165) is 10.4 Å². The summed E-state index contributed by atoms with van der Waals surface area (Å²) in [5.74, 6) is -0.601. The number of hydrogen-bond donors (Lipinski definition) is 2. The number of amides is 1. The van der Waals surface area contributed by atoms with Crippen LogP contribution in [0.2, 0.25) is 0 Å². The van der Waals surface area contributed by atoms with Crippen LogP contribution in [0.15, 0.2) is 24.3 Å². The van der Waals surface area contributed by atoms with E-state index in [1.807, 2.05) is 13.8 Å². The summed E-state index contributed by atoms with van der Waals surface area (Å²) in [6.45, 7) is 3.78. The molecule has 0 atom stereocenters. The zero-order valence-electron chi connectivity index (χ0n) is 10.1. The summed E-state index contributed by atoms with van der Waals surface area (Å²) in [7, 11) is 0. The van der Waals surface area contributed by atoms with Gasteiger partial charge in [0.1, 0.15) is 5.82 Å². The van der Waals surface area contributed by atoms with Crippen molar-refractivity contribution in [3.63, 3.8) is 0 Å². The SMILES string of the molecule is Cc1sc(N)c(C(=O)Nc2ccc(F)cc2)c1C. The van der Waals surface area contributed by atoms with E-state index in [2.05, 4.69) is 5.32 Å². The van der Waals surface area contributed by atoms with Gasteiger partial charge in [0.2, 0.25) is 0 Å². The Kier molecular flexibility index (Phi) is 3.34. The van der Waals surface area contributed by atoms with Gasteiger partial charge in [0, 0.05) is 10.6 Å². The molecule has 0 bridgehead atoms. The van der Waals surface area contributed by atoms with E-state index in [1.165, 1.54) is 35.6 Å². The molecule has 1 aromatic heterocycles. The Bertz CT molecular complexity index is 590. The molecule has 0 spiro atoms. The van der Waals surface area contributed by atoms with Crippen LogP contribution in [0.3, 0.4) is 0 Å². The number of hydrogen-bond acceptors (Lipinski definition) is 3. The highest BCUT2D eigenvalue weighted by Gasteiger charge is 2.17. The van der Waals surface area contributed by atoms with E-state index >= 15 is 0 Å². The lowest BCUT2D eigenvalue weighted by Crippen LogP contribution is -2.13. The van der Waals surface area contributed by atoms with E-state index < -0.39 is 0 Å². The molecule has 0 fully saturated rings. The first-order chi connectivity index (χ1) is 8.49. The maximum Gasteiger partial charge on any atom is 0.258 e. The largest absolute Gasteiger partial charge is 0.390 e. The lowest BCUT2D eigenvalue weighted by Gasteiger charge is -2.05. The molecule has 0 unspecified atom stereocenters. The van der Waals surface area contributed by atoms with E-state index in [0.29, 0.717) is 16.3 Å². The van der Waals surface area contributed by atoms with Crippen molar-refractivity contribution < 1.29 is 9.18 Å². The lowest BCUT2D eigenvalue weighted by molar-refractivity contribution is 0.102. The van der Waals surface area contributed by atoms with Gasteiger partial charge in [-0.1, -0.05) is 0 Å². The van der Waals surface area contributed by atoms with Crippen LogP contribution in [0.1, 0.15) is 20.8 Å². The smallest absolute Gasteiger partial charge is 0.258 e. The zero-order valence-corrected chi connectivity index (χ0v) is 10.9. The summed E-state index contributed by atoms with van der Waals surface area (Å²) in [4.78, 5) is 13.1. The number of anilines is 2. The number of thiophene rings is 1. The Morgan fingerprint density at radius 3 is 2.39 bits per heavy atom. The van der Waals surface area contributed by atoms with Crippen LogP contribution in [-0.4, -0.2) is 5.91 Å². The first-order valence-corrected chi connectivity index (χ1v) is 6.23. The molecule has 0 radical (unpaired) electrons. The number of nitrogen functional groups attached to an aromatic ring is 1. The lowest BCUT2D eigenvalue weighted by atomic mass is 10.1. The van der Waals surface area contributed by atoms with Gasteiger partial charge < -0.3 is 11.1 Å². The highest BCUT2D eigenvalue weighted by atomic mass is 32.1. The van der Waals surface area contributed by atoms with Crippen LogP contribution in [0.25, 0.3) is 0 Å². The standard InChI is InChI=1S/C13H13FN2OS/c1-7-8(2)18-12(15)11(7)13(17)16-10-5-3-9(14)4-6-10/h3-6H,15H2,1-2H3,(H,16,17). The minimum atomic E-state index is -0.338. The topological polar surface area (TPSA) is 55.1 Å². The summed E-state index contributed by atoms with van der Waals surface area (Å²) >= 11 is 1.39. The molecule has 0 aliphatic carbocycles. The molecule has 0 saturated carbocycles. The predicted molar refractivity (Wildman–Crippen MR) is 72.6 cm³/mol. The van der Waals surface area contributed by atoms with Crippen molar-refractivity contribution in [1.29, 1.82) is 0 Å². The Balaban J connectivity index is 2.24. The van der Waals surface area contributed by atoms with Gasteiger partial charge in [-0.2, -0.15) is 0 Å². The van der Waals surface area contributed by atoms with Gasteiger partial charge in [-0.05, 0) is 43.7 Å². The highest BCUT2D eigenvalue weighted by Crippen LogP contribution is 2.30. The Labute approximate surface area is 108 Å². The van der Waals surface area contributed by atoms with Crippen LogP contribution in [0.4, 0.5) is 15.1 Å². The van der Waals surface area contributed by atoms with Gasteiger partial charge in [0.15, 0.2) is 0 Å². The molecule has 2 aromatic rings. The van der Waals surface area contributed by atoms with Gasteiger partial charge in [0.25, 0.3) is 5.91 Å². The number of halogens is 1. The third-order valence-electron chi connectivity index (χ3n) is 2.74. The first-order valence-electron chi connectivity index (χ1n) is 5.41. The number of benzene rings is 1. The molecule has 3 nitrogen and oxygen atoms in total. The third kappa shape index (κ3) is 2.36. The molecule has 1 heterocycles. The van der Waals surface area contributed by atoms with Crippen molar-refractivity contribution >= 4 is 27.9 Å². The number of aryl methyl sites for hydroxylation is 1. The number of nitrogens with two attached hydrogens (primary N) is 1. The molecule has 94 valence electrons. The van der Waals surface area contributed by atoms with Crippen molar-refractivity contribution in [3.8, 4) is 0 Å². The zero-order chi connectivity index (χ0) is 13.3. The maximum atomic E-state index is 12.7. The third-order valence-corrected chi connectivity index (χ3v) is 3.78. The monoisotopic (exact) mass is 264 g/mol. The fraction of sp³-hybridized carbons (Fsp3) is 0.154. The van der Waals surface area contributed by atoms with Gasteiger partial charge in [0.05, 0.1) is 10.6 Å². The minimum Gasteiger partial charge on any atom is -0.390 e. The van der Waals surface area contributed by atoms with Gasteiger partial charge in [-0.3, -0.25) is 4.79 Å². The second-order valence-corrected chi connectivity index (χ2v) is 5.24. The minimum absolute atomic E-state index is 0.263. The molecule has 0 aliphatic rings. The quantitative estimate of drug-likeness (QED) is 0.874. The highest BCUT2D eigenvalue weighted by molar-refractivity contribution is 7.16. The molecule has 0 aliphatic heterocycles. The second kappa shape index (κ2) is 4.78. The van der Waals surface area contributed by atoms with Crippen molar-refractivity contribution in [1.82, 2.24) is 0 Å². The van der Waals surface area contributed by atoms with Crippen LogP contribution in [-0.2, 0) is 0 Å². The fourth-order valence-corrected chi connectivity index (χ4v) is 2.60. The van der Waals surface area contributed by atoms with Crippen molar-refractivity contribution in [2.45, 2.75) is 13.8 Å². The number of rotatable bonds is 2. The van der Waals surface area contributed by atoms with E-state index in [9.17, 15) is 9.18 Å². The van der Waals surface area contributed by atoms with Gasteiger partial charge in [-0.15, -0.1) is 11.3 Å². The molecule has 1 amide bonds. The molecular formula is C13H13FN2OS. The summed E-state index contributed by atoms with van der Waals surface area (Å²) in [5, 5.41) is 3.21. The molecule has 1 aromatic carbocycles. The van der Waals surface area contributed by atoms with Crippen molar-refractivity contribution in [3.05, 3.63) is 46.1 Å². The first kappa shape index (κ1) is 12.6. The van der Waals surface area contributed by atoms with Gasteiger partial charge >= 0.3 is 0 Å². The number of carbonyl (C=O) groups is 1. The molecule has 0 saturated heterocycles. The summed E-state index contributed by atoms with van der Waals surface area (Å²) in [5.41, 5.74) is 7.75. The van der Waals surface area contributed by atoms with Gasteiger partial charge in [-0.25, -0.2) is 4.39 Å². The second-order valence-electron chi connectivity index (χ2n) is 3.98. The molecule has 18 heavy (non-hydrogen) atoms. The van der Waals surface area contributed by atoms with Crippen LogP contribution in [0.5, 0.6) is 0 Å². The normalized spacial score (nSPS) is 10.4. The predicted octanol–water partition coefficient (Wildman–Crippen LogP) is 3.34. The summed E-state index contributed by atoms with van der Waals surface area (Å²) in [6, 6.07) is 5.62. The molecule has 3 N–H and O–H groups in total. The summed E-state index contributed by atoms with van der Waals surface area (Å²) < 4.78 is 12.7. The van der Waals surface area contributed by atoms with Crippen molar-refractivity contribution in [2.75, 3.05) is 11.1 Å². The Morgan fingerprint density at radius 2 is 1.89 bits per heavy atom. The summed E-state index contributed by atoms with van der Waals surface area (Å²) in [6.07, 6.45) is 0. The van der Waals surface area contributed by atoms with E-state index in [4.69, 9.17) is 5.73 Å². The Morgan fingerprint density at radius 1 is 1.28 bits per heavy atom. The van der Waals surface area contributed by atoms with Crippen molar-refractivity contribution in [2.24, 2.45) is 0 Å². The fourth-order valence-electron chi connectivity index (χ4n) is 1.66. The molecular weight excluding hydrogens is 251 g/mol. The van der Waals surface area contributed by atoms with E-state index in [-0.39, 0.29) is 11.7 Å². The average molecular weight is 264 g/mol. The Hall–Kier alpha value is -1.88. The molecule has 5 heteroatoms. The van der Waals surface area contributed by atoms with Crippen LogP contribution in [0, 0.1) is 19.7 Å². The van der Waals surface area contributed by atoms with Crippen LogP contribution >= 0.6 is 11.3 Å².